The van der Waals surface area contributed by atoms with Gasteiger partial charge in [-0.05, 0) is 42.8 Å². The number of hydrogen-bond donors (Lipinski definition) is 1. The molecule has 0 radical (unpaired) electrons. The van der Waals surface area contributed by atoms with E-state index in [1.54, 1.807) is 7.11 Å². The van der Waals surface area contributed by atoms with Crippen molar-refractivity contribution in [2.45, 2.75) is 20.0 Å². The number of fused-ring (bicyclic) bond motifs is 2. The molecule has 3 aromatic rings. The van der Waals surface area contributed by atoms with Crippen LogP contribution in [0.4, 0.5) is 0 Å². The molecule has 2 aromatic carbocycles. The van der Waals surface area contributed by atoms with E-state index in [1.165, 1.54) is 5.56 Å². The molecule has 36 heavy (non-hydrogen) atoms. The van der Waals surface area contributed by atoms with E-state index in [1.807, 2.05) is 37.1 Å². The molecule has 0 aliphatic carbocycles. The lowest BCUT2D eigenvalue weighted by atomic mass is 10.1. The summed E-state index contributed by atoms with van der Waals surface area (Å²) in [5, 5.41) is 10.1. The van der Waals surface area contributed by atoms with E-state index < -0.39 is 0 Å². The Bertz CT molecular complexity index is 1250. The van der Waals surface area contributed by atoms with Crippen LogP contribution in [0.1, 0.15) is 27.2 Å². The van der Waals surface area contributed by atoms with E-state index in [0.29, 0.717) is 19.7 Å². The molecule has 0 spiro atoms. The van der Waals surface area contributed by atoms with Crippen molar-refractivity contribution in [1.82, 2.24) is 19.3 Å². The predicted molar refractivity (Wildman–Crippen MR) is 140 cm³/mol. The molecular formula is C28H36N4O4. The largest absolute Gasteiger partial charge is 0.497 e. The van der Waals surface area contributed by atoms with Crippen molar-refractivity contribution >= 4 is 16.8 Å². The first-order valence-electron chi connectivity index (χ1n) is 12.7. The molecule has 2 aliphatic heterocycles. The number of ether oxygens (including phenoxy) is 2. The van der Waals surface area contributed by atoms with Crippen LogP contribution >= 0.6 is 0 Å². The van der Waals surface area contributed by atoms with Crippen LogP contribution in [0.3, 0.4) is 0 Å². The Labute approximate surface area is 212 Å². The summed E-state index contributed by atoms with van der Waals surface area (Å²) in [6.45, 7) is 9.29. The molecule has 1 N–H and O–H groups in total. The summed E-state index contributed by atoms with van der Waals surface area (Å²) < 4.78 is 13.6. The molecule has 1 saturated heterocycles. The van der Waals surface area contributed by atoms with E-state index in [0.717, 1.165) is 78.5 Å². The average molecular weight is 493 g/mol. The van der Waals surface area contributed by atoms with Gasteiger partial charge in [-0.3, -0.25) is 14.6 Å². The van der Waals surface area contributed by atoms with Gasteiger partial charge in [0.2, 0.25) is 0 Å². The highest BCUT2D eigenvalue weighted by Crippen LogP contribution is 2.31. The van der Waals surface area contributed by atoms with Gasteiger partial charge in [-0.1, -0.05) is 6.07 Å². The van der Waals surface area contributed by atoms with Gasteiger partial charge in [0.15, 0.2) is 0 Å². The number of hydrogen-bond acceptors (Lipinski definition) is 6. The van der Waals surface area contributed by atoms with Crippen molar-refractivity contribution in [2.75, 3.05) is 59.6 Å². The number of rotatable bonds is 6. The summed E-state index contributed by atoms with van der Waals surface area (Å²) in [7, 11) is 3.64. The minimum atomic E-state index is 0.0215. The van der Waals surface area contributed by atoms with Crippen molar-refractivity contribution in [1.29, 1.82) is 0 Å². The van der Waals surface area contributed by atoms with Crippen molar-refractivity contribution < 1.29 is 19.4 Å². The molecular weight excluding hydrogens is 456 g/mol. The topological polar surface area (TPSA) is 70.4 Å². The Kier molecular flexibility index (Phi) is 7.18. The number of piperazine rings is 1. The number of methoxy groups -OCH3 is 1. The van der Waals surface area contributed by atoms with E-state index >= 15 is 0 Å². The molecule has 192 valence electrons. The van der Waals surface area contributed by atoms with E-state index in [2.05, 4.69) is 32.6 Å². The standard InChI is InChI=1S/C28H36N4O4/c1-20-27(24-17-23(35-3)5-6-25(24)29(20)2)28(34)32-13-15-36-26-7-4-21(16-22(26)19-32)18-31-10-8-30(9-11-31)12-14-33/h4-7,16-17,33H,8-15,18-19H2,1-3H3. The SMILES string of the molecule is COc1ccc2c(c1)c(C(=O)N1CCOc3ccc(CN4CCN(CCO)CC4)cc3C1)c(C)n2C. The fraction of sp³-hybridized carbons (Fsp3) is 0.464. The van der Waals surface area contributed by atoms with Gasteiger partial charge in [-0.15, -0.1) is 0 Å². The first-order chi connectivity index (χ1) is 17.5. The number of aliphatic hydroxyl groups excluding tert-OH is 1. The number of carbonyl (C=O) groups is 1. The number of aryl methyl sites for hydroxylation is 1. The Morgan fingerprint density at radius 1 is 1.06 bits per heavy atom. The molecule has 8 nitrogen and oxygen atoms in total. The van der Waals surface area contributed by atoms with Crippen molar-refractivity contribution in [3.63, 3.8) is 0 Å². The van der Waals surface area contributed by atoms with Crippen LogP contribution in [0.5, 0.6) is 11.5 Å². The predicted octanol–water partition coefficient (Wildman–Crippen LogP) is 2.64. The highest BCUT2D eigenvalue weighted by molar-refractivity contribution is 6.08. The molecule has 1 fully saturated rings. The van der Waals surface area contributed by atoms with Crippen molar-refractivity contribution in [3.05, 3.63) is 58.8 Å². The second-order valence-corrected chi connectivity index (χ2v) is 9.76. The fourth-order valence-electron chi connectivity index (χ4n) is 5.40. The van der Waals surface area contributed by atoms with Gasteiger partial charge in [0.05, 0.1) is 25.8 Å². The van der Waals surface area contributed by atoms with E-state index in [9.17, 15) is 9.90 Å². The summed E-state index contributed by atoms with van der Waals surface area (Å²) in [4.78, 5) is 20.5. The zero-order valence-corrected chi connectivity index (χ0v) is 21.5. The maximum Gasteiger partial charge on any atom is 0.256 e. The van der Waals surface area contributed by atoms with Gasteiger partial charge in [0.1, 0.15) is 18.1 Å². The third-order valence-corrected chi connectivity index (χ3v) is 7.59. The van der Waals surface area contributed by atoms with Gasteiger partial charge in [-0.2, -0.15) is 0 Å². The molecule has 0 atom stereocenters. The van der Waals surface area contributed by atoms with E-state index in [4.69, 9.17) is 9.47 Å². The molecule has 0 unspecified atom stereocenters. The molecule has 3 heterocycles. The van der Waals surface area contributed by atoms with Gasteiger partial charge in [-0.25, -0.2) is 0 Å². The van der Waals surface area contributed by atoms with Gasteiger partial charge >= 0.3 is 0 Å². The first-order valence-corrected chi connectivity index (χ1v) is 12.7. The van der Waals surface area contributed by atoms with Crippen LogP contribution in [0.2, 0.25) is 0 Å². The zero-order valence-electron chi connectivity index (χ0n) is 21.5. The maximum atomic E-state index is 13.9. The lowest BCUT2D eigenvalue weighted by Gasteiger charge is -2.34. The minimum Gasteiger partial charge on any atom is -0.497 e. The number of benzene rings is 2. The quantitative estimate of drug-likeness (QED) is 0.571. The fourth-order valence-corrected chi connectivity index (χ4v) is 5.40. The van der Waals surface area contributed by atoms with Crippen LogP contribution in [0, 0.1) is 6.92 Å². The summed E-state index contributed by atoms with van der Waals surface area (Å²) in [6, 6.07) is 12.3. The van der Waals surface area contributed by atoms with Gasteiger partial charge in [0.25, 0.3) is 5.91 Å². The maximum absolute atomic E-state index is 13.9. The Balaban J connectivity index is 1.36. The highest BCUT2D eigenvalue weighted by atomic mass is 16.5. The van der Waals surface area contributed by atoms with Crippen LogP contribution in [-0.4, -0.2) is 89.9 Å². The highest BCUT2D eigenvalue weighted by Gasteiger charge is 2.27. The number of nitrogens with zero attached hydrogens (tertiary/aromatic N) is 4. The molecule has 2 aliphatic rings. The van der Waals surface area contributed by atoms with Crippen LogP contribution in [-0.2, 0) is 20.1 Å². The Hall–Kier alpha value is -3.07. The number of aromatic nitrogens is 1. The third-order valence-electron chi connectivity index (χ3n) is 7.59. The summed E-state index contributed by atoms with van der Waals surface area (Å²) >= 11 is 0. The average Bonchev–Trinajstić information content (AvgIpc) is 3.02. The van der Waals surface area contributed by atoms with E-state index in [-0.39, 0.29) is 12.5 Å². The van der Waals surface area contributed by atoms with Crippen LogP contribution in [0.15, 0.2) is 36.4 Å². The monoisotopic (exact) mass is 492 g/mol. The summed E-state index contributed by atoms with van der Waals surface area (Å²) in [5.41, 5.74) is 4.97. The number of amides is 1. The molecule has 1 amide bonds. The summed E-state index contributed by atoms with van der Waals surface area (Å²) in [6.07, 6.45) is 0. The molecule has 8 heteroatoms. The number of carbonyl (C=O) groups excluding carboxylic acids is 1. The minimum absolute atomic E-state index is 0.0215. The van der Waals surface area contributed by atoms with Crippen LogP contribution < -0.4 is 9.47 Å². The van der Waals surface area contributed by atoms with Crippen LogP contribution in [0.25, 0.3) is 10.9 Å². The number of β-amino-alcohol motifs (C(OH)–C–C–N with tert-alkyl or cyclic N) is 1. The lowest BCUT2D eigenvalue weighted by molar-refractivity contribution is 0.0734. The van der Waals surface area contributed by atoms with Gasteiger partial charge < -0.3 is 24.0 Å². The summed E-state index contributed by atoms with van der Waals surface area (Å²) in [5.74, 6) is 1.62. The second-order valence-electron chi connectivity index (χ2n) is 9.76. The molecule has 5 rings (SSSR count). The molecule has 0 bridgehead atoms. The zero-order chi connectivity index (χ0) is 25.2. The van der Waals surface area contributed by atoms with Gasteiger partial charge in [0, 0.05) is 75.0 Å². The number of aliphatic hydroxyl groups is 1. The van der Waals surface area contributed by atoms with Crippen molar-refractivity contribution in [3.8, 4) is 11.5 Å². The Morgan fingerprint density at radius 3 is 2.58 bits per heavy atom. The molecule has 1 aromatic heterocycles. The van der Waals surface area contributed by atoms with Crippen molar-refractivity contribution in [2.24, 2.45) is 7.05 Å². The third kappa shape index (κ3) is 4.81. The smallest absolute Gasteiger partial charge is 0.256 e. The lowest BCUT2D eigenvalue weighted by Crippen LogP contribution is -2.46. The molecule has 0 saturated carbocycles. The normalized spacial score (nSPS) is 17.1. The Morgan fingerprint density at radius 2 is 1.83 bits per heavy atom. The second kappa shape index (κ2) is 10.5. The first kappa shape index (κ1) is 24.6.